The second kappa shape index (κ2) is 6.52. The summed E-state index contributed by atoms with van der Waals surface area (Å²) in [5, 5.41) is 8.71. The Hall–Kier alpha value is -0.820. The molecule has 1 aliphatic rings. The summed E-state index contributed by atoms with van der Waals surface area (Å²) in [4.78, 5) is 10.8. The van der Waals surface area contributed by atoms with Gasteiger partial charge in [-0.3, -0.25) is 0 Å². The molecule has 0 radical (unpaired) electrons. The summed E-state index contributed by atoms with van der Waals surface area (Å²) < 4.78 is 27.1. The highest BCUT2D eigenvalue weighted by Gasteiger charge is 2.25. The highest BCUT2D eigenvalue weighted by Crippen LogP contribution is 2.30. The van der Waals surface area contributed by atoms with Crippen molar-refractivity contribution in [3.63, 3.8) is 0 Å². The fourth-order valence-electron chi connectivity index (χ4n) is 2.44. The molecule has 1 aromatic carbocycles. The summed E-state index contributed by atoms with van der Waals surface area (Å²) in [6, 6.07) is 2.29. The van der Waals surface area contributed by atoms with Gasteiger partial charge in [0, 0.05) is 11.6 Å². The number of hydrogen-bond donors (Lipinski definition) is 2. The average molecular weight is 352 g/mol. The van der Waals surface area contributed by atoms with Crippen molar-refractivity contribution in [1.29, 1.82) is 0 Å². The summed E-state index contributed by atoms with van der Waals surface area (Å²) in [6.07, 6.45) is 4.19. The van der Waals surface area contributed by atoms with Gasteiger partial charge in [-0.05, 0) is 30.9 Å². The van der Waals surface area contributed by atoms with Gasteiger partial charge in [0.15, 0.2) is 0 Å². The molecule has 0 saturated heterocycles. The highest BCUT2D eigenvalue weighted by molar-refractivity contribution is 7.89. The number of carboxylic acids is 1. The van der Waals surface area contributed by atoms with Gasteiger partial charge in [0.25, 0.3) is 0 Å². The number of nitrogens with one attached hydrogen (secondary N) is 1. The molecule has 8 heteroatoms. The lowest BCUT2D eigenvalue weighted by Crippen LogP contribution is -2.29. The predicted octanol–water partition coefficient (Wildman–Crippen LogP) is 3.16. The molecule has 116 valence electrons. The van der Waals surface area contributed by atoms with Crippen molar-refractivity contribution in [3.05, 3.63) is 27.7 Å². The van der Waals surface area contributed by atoms with Gasteiger partial charge in [-0.15, -0.1) is 0 Å². The van der Waals surface area contributed by atoms with E-state index in [1.165, 1.54) is 0 Å². The maximum atomic E-state index is 12.3. The van der Waals surface area contributed by atoms with E-state index >= 15 is 0 Å². The van der Waals surface area contributed by atoms with Crippen LogP contribution in [0.15, 0.2) is 17.0 Å². The minimum absolute atomic E-state index is 0.0121. The summed E-state index contributed by atoms with van der Waals surface area (Å²) in [6.45, 7) is 0.327. The van der Waals surface area contributed by atoms with Crippen molar-refractivity contribution < 1.29 is 18.3 Å². The standard InChI is InChI=1S/C13H15Cl2NO4S/c14-9-5-10(13(17)18)12(15)11(6-9)21(19,20)16-7-8-3-1-2-4-8/h5-6,8,16H,1-4,7H2,(H,17,18). The SMILES string of the molecule is O=C(O)c1cc(Cl)cc(S(=O)(=O)NCC2CCCC2)c1Cl. The lowest BCUT2D eigenvalue weighted by Gasteiger charge is -2.13. The van der Waals surface area contributed by atoms with E-state index in [9.17, 15) is 13.2 Å². The zero-order chi connectivity index (χ0) is 15.6. The molecule has 21 heavy (non-hydrogen) atoms. The second-order valence-electron chi connectivity index (χ2n) is 5.07. The monoisotopic (exact) mass is 351 g/mol. The predicted molar refractivity (Wildman–Crippen MR) is 80.6 cm³/mol. The van der Waals surface area contributed by atoms with Crippen LogP contribution in [0.25, 0.3) is 0 Å². The number of halogens is 2. The first-order valence-electron chi connectivity index (χ1n) is 6.53. The minimum atomic E-state index is -3.89. The normalized spacial score (nSPS) is 16.3. The number of sulfonamides is 1. The quantitative estimate of drug-likeness (QED) is 0.853. The van der Waals surface area contributed by atoms with E-state index in [0.29, 0.717) is 12.5 Å². The maximum Gasteiger partial charge on any atom is 0.337 e. The van der Waals surface area contributed by atoms with Gasteiger partial charge in [0.2, 0.25) is 10.0 Å². The van der Waals surface area contributed by atoms with Crippen LogP contribution in [-0.2, 0) is 10.0 Å². The molecule has 0 atom stereocenters. The molecule has 0 bridgehead atoms. The molecule has 1 aliphatic carbocycles. The van der Waals surface area contributed by atoms with Crippen molar-refractivity contribution in [1.82, 2.24) is 4.72 Å². The summed E-state index contributed by atoms with van der Waals surface area (Å²) in [5.41, 5.74) is -0.328. The maximum absolute atomic E-state index is 12.3. The van der Waals surface area contributed by atoms with E-state index < -0.39 is 16.0 Å². The molecule has 0 heterocycles. The van der Waals surface area contributed by atoms with E-state index in [-0.39, 0.29) is 20.5 Å². The molecular formula is C13H15Cl2NO4S. The van der Waals surface area contributed by atoms with Gasteiger partial charge in [-0.25, -0.2) is 17.9 Å². The van der Waals surface area contributed by atoms with Crippen LogP contribution in [-0.4, -0.2) is 26.0 Å². The molecular weight excluding hydrogens is 337 g/mol. The number of carboxylic acid groups (broad SMARTS) is 1. The van der Waals surface area contributed by atoms with Crippen molar-refractivity contribution >= 4 is 39.2 Å². The van der Waals surface area contributed by atoms with E-state index in [1.54, 1.807) is 0 Å². The third kappa shape index (κ3) is 3.88. The van der Waals surface area contributed by atoms with Crippen LogP contribution in [0.5, 0.6) is 0 Å². The Morgan fingerprint density at radius 1 is 1.29 bits per heavy atom. The number of aromatic carboxylic acids is 1. The minimum Gasteiger partial charge on any atom is -0.478 e. The first-order valence-corrected chi connectivity index (χ1v) is 8.77. The molecule has 1 fully saturated rings. The fourth-order valence-corrected chi connectivity index (χ4v) is 4.45. The van der Waals surface area contributed by atoms with Crippen LogP contribution >= 0.6 is 23.2 Å². The van der Waals surface area contributed by atoms with Crippen molar-refractivity contribution in [2.24, 2.45) is 5.92 Å². The lowest BCUT2D eigenvalue weighted by atomic mass is 10.1. The fraction of sp³-hybridized carbons (Fsp3) is 0.462. The molecule has 0 amide bonds. The van der Waals surface area contributed by atoms with Crippen molar-refractivity contribution in [2.75, 3.05) is 6.54 Å². The van der Waals surface area contributed by atoms with E-state index in [2.05, 4.69) is 4.72 Å². The Labute approximate surface area is 133 Å². The van der Waals surface area contributed by atoms with Crippen LogP contribution in [0, 0.1) is 5.92 Å². The molecule has 1 saturated carbocycles. The molecule has 0 aliphatic heterocycles. The van der Waals surface area contributed by atoms with E-state index in [4.69, 9.17) is 28.3 Å². The molecule has 0 unspecified atom stereocenters. The molecule has 0 spiro atoms. The summed E-state index contributed by atoms with van der Waals surface area (Å²) in [7, 11) is -3.89. The Balaban J connectivity index is 2.28. The van der Waals surface area contributed by atoms with Crippen molar-refractivity contribution in [2.45, 2.75) is 30.6 Å². The molecule has 2 N–H and O–H groups in total. The number of carbonyl (C=O) groups is 1. The topological polar surface area (TPSA) is 83.5 Å². The smallest absolute Gasteiger partial charge is 0.337 e. The highest BCUT2D eigenvalue weighted by atomic mass is 35.5. The largest absolute Gasteiger partial charge is 0.478 e. The van der Waals surface area contributed by atoms with E-state index in [0.717, 1.165) is 37.8 Å². The third-order valence-electron chi connectivity index (χ3n) is 3.56. The molecule has 0 aromatic heterocycles. The Kier molecular flexibility index (Phi) is 5.14. The molecule has 2 rings (SSSR count). The van der Waals surface area contributed by atoms with Gasteiger partial charge >= 0.3 is 5.97 Å². The third-order valence-corrected chi connectivity index (χ3v) is 5.75. The first kappa shape index (κ1) is 16.5. The summed E-state index contributed by atoms with van der Waals surface area (Å²) in [5.74, 6) is -1.01. The number of rotatable bonds is 5. The second-order valence-corrected chi connectivity index (χ2v) is 7.62. The lowest BCUT2D eigenvalue weighted by molar-refractivity contribution is 0.0697. The Bertz CT molecular complexity index is 654. The zero-order valence-electron chi connectivity index (χ0n) is 11.1. The van der Waals surface area contributed by atoms with Gasteiger partial charge in [-0.2, -0.15) is 0 Å². The van der Waals surface area contributed by atoms with Gasteiger partial charge < -0.3 is 5.11 Å². The Morgan fingerprint density at radius 3 is 2.48 bits per heavy atom. The van der Waals surface area contributed by atoms with Gasteiger partial charge in [-0.1, -0.05) is 36.0 Å². The van der Waals surface area contributed by atoms with Crippen LogP contribution < -0.4 is 4.72 Å². The van der Waals surface area contributed by atoms with Gasteiger partial charge in [0.1, 0.15) is 4.90 Å². The van der Waals surface area contributed by atoms with Crippen LogP contribution in [0.4, 0.5) is 0 Å². The van der Waals surface area contributed by atoms with Crippen LogP contribution in [0.1, 0.15) is 36.0 Å². The first-order chi connectivity index (χ1) is 9.81. The molecule has 1 aromatic rings. The van der Waals surface area contributed by atoms with E-state index in [1.807, 2.05) is 0 Å². The average Bonchev–Trinajstić information content (AvgIpc) is 2.91. The van der Waals surface area contributed by atoms with Crippen molar-refractivity contribution in [3.8, 4) is 0 Å². The van der Waals surface area contributed by atoms with Crippen LogP contribution in [0.3, 0.4) is 0 Å². The number of benzene rings is 1. The zero-order valence-corrected chi connectivity index (χ0v) is 13.4. The number of hydrogen-bond acceptors (Lipinski definition) is 3. The Morgan fingerprint density at radius 2 is 1.90 bits per heavy atom. The van der Waals surface area contributed by atoms with Gasteiger partial charge in [0.05, 0.1) is 10.6 Å². The van der Waals surface area contributed by atoms with Crippen LogP contribution in [0.2, 0.25) is 10.0 Å². The molecule has 5 nitrogen and oxygen atoms in total. The summed E-state index contributed by atoms with van der Waals surface area (Å²) >= 11 is 11.7.